The monoisotopic (exact) mass is 661 g/mol. The lowest BCUT2D eigenvalue weighted by atomic mass is 9.92. The summed E-state index contributed by atoms with van der Waals surface area (Å²) in [6, 6.07) is 7.66. The van der Waals surface area contributed by atoms with E-state index in [0.717, 1.165) is 53.7 Å². The van der Waals surface area contributed by atoms with Gasteiger partial charge in [0.15, 0.2) is 0 Å². The maximum Gasteiger partial charge on any atom is 0.490 e. The van der Waals surface area contributed by atoms with E-state index in [0.29, 0.717) is 11.9 Å². The number of halogens is 6. The highest BCUT2D eigenvalue weighted by atomic mass is 19.4. The zero-order chi connectivity index (χ0) is 34.4. The first-order valence-electron chi connectivity index (χ1n) is 13.4. The minimum absolute atomic E-state index is 0.0999. The molecule has 0 amide bonds. The van der Waals surface area contributed by atoms with Gasteiger partial charge in [-0.25, -0.2) is 19.3 Å². The van der Waals surface area contributed by atoms with Crippen LogP contribution in [-0.2, 0) is 23.7 Å². The molecule has 1 fully saturated rings. The molecule has 1 saturated carbocycles. The fourth-order valence-electron chi connectivity index (χ4n) is 4.50. The predicted octanol–water partition coefficient (Wildman–Crippen LogP) is 4.40. The van der Waals surface area contributed by atoms with E-state index < -0.39 is 24.3 Å². The summed E-state index contributed by atoms with van der Waals surface area (Å²) in [5.74, 6) is -4.16. The Morgan fingerprint density at radius 2 is 1.54 bits per heavy atom. The molecule has 0 unspecified atom stereocenters. The maximum atomic E-state index is 11.5. The van der Waals surface area contributed by atoms with Crippen LogP contribution in [0, 0.1) is 0 Å². The average molecular weight is 662 g/mol. The summed E-state index contributed by atoms with van der Waals surface area (Å²) in [6.45, 7) is 0. The van der Waals surface area contributed by atoms with Gasteiger partial charge in [-0.2, -0.15) is 31.4 Å². The van der Waals surface area contributed by atoms with Crippen LogP contribution < -0.4 is 15.6 Å². The van der Waals surface area contributed by atoms with E-state index in [1.54, 1.807) is 13.1 Å². The summed E-state index contributed by atoms with van der Waals surface area (Å²) in [4.78, 5) is 33.9. The van der Waals surface area contributed by atoms with E-state index in [2.05, 4.69) is 37.3 Å². The number of aryl methyl sites for hydroxylation is 2. The molecule has 1 aliphatic carbocycles. The lowest BCUT2D eigenvalue weighted by Crippen LogP contribution is -2.27. The van der Waals surface area contributed by atoms with Crippen molar-refractivity contribution in [3.05, 3.63) is 53.2 Å². The molecule has 4 aromatic heterocycles. The van der Waals surface area contributed by atoms with Gasteiger partial charge in [0.25, 0.3) is 5.56 Å². The molecule has 5 rings (SSSR count). The molecule has 250 valence electrons. The highest BCUT2D eigenvalue weighted by Gasteiger charge is 2.39. The number of aliphatic carboxylic acids is 2. The molecule has 19 heteroatoms. The van der Waals surface area contributed by atoms with Gasteiger partial charge in [0.2, 0.25) is 5.88 Å². The highest BCUT2D eigenvalue weighted by molar-refractivity contribution is 5.95. The standard InChI is InChI=1S/C23H27N7O2.2C2HF3O2/c1-24-21-12-20-17(13-25-21)18(19-10-11-28(2)26-19)14-30(20)15-4-6-16(7-5-15)32-22-8-9-23(31)29(3)27-22;2*3-2(4,5)1(6)7/h8-16H,4-7H2,1-3H3,(H,24,25);2*(H,6,7). The number of aromatic nitrogens is 6. The number of alkyl halides is 6. The van der Waals surface area contributed by atoms with Gasteiger partial charge in [-0.15, -0.1) is 5.10 Å². The van der Waals surface area contributed by atoms with Gasteiger partial charge in [-0.05, 0) is 31.7 Å². The van der Waals surface area contributed by atoms with Crippen molar-refractivity contribution >= 4 is 28.7 Å². The van der Waals surface area contributed by atoms with Gasteiger partial charge in [0.05, 0.1) is 11.2 Å². The molecular formula is C27H29F6N7O6. The summed E-state index contributed by atoms with van der Waals surface area (Å²) >= 11 is 0. The third-order valence-electron chi connectivity index (χ3n) is 6.71. The Morgan fingerprint density at radius 3 is 2.02 bits per heavy atom. The van der Waals surface area contributed by atoms with Crippen molar-refractivity contribution in [3.63, 3.8) is 0 Å². The third-order valence-corrected chi connectivity index (χ3v) is 6.71. The molecule has 4 aromatic rings. The quantitative estimate of drug-likeness (QED) is 0.261. The van der Waals surface area contributed by atoms with Crippen LogP contribution in [0.4, 0.5) is 32.2 Å². The smallest absolute Gasteiger partial charge is 0.475 e. The van der Waals surface area contributed by atoms with E-state index >= 15 is 0 Å². The SMILES string of the molecule is CNc1cc2c(cn1)c(-c1ccn(C)n1)cn2C1CCC(Oc2ccc(=O)n(C)n2)CC1.O=C(O)C(F)(F)F.O=C(O)C(F)(F)F. The van der Waals surface area contributed by atoms with Crippen molar-refractivity contribution in [3.8, 4) is 17.1 Å². The molecule has 0 bridgehead atoms. The second-order valence-electron chi connectivity index (χ2n) is 9.95. The Bertz CT molecular complexity index is 1700. The van der Waals surface area contributed by atoms with Crippen molar-refractivity contribution in [2.45, 2.75) is 50.2 Å². The first kappa shape index (κ1) is 35.4. The molecule has 1 aliphatic rings. The van der Waals surface area contributed by atoms with Crippen LogP contribution in [0.25, 0.3) is 22.2 Å². The number of nitrogens with zero attached hydrogens (tertiary/aromatic N) is 6. The first-order valence-corrected chi connectivity index (χ1v) is 13.4. The number of ether oxygens (including phenoxy) is 1. The molecular weight excluding hydrogens is 632 g/mol. The fourth-order valence-corrected chi connectivity index (χ4v) is 4.50. The van der Waals surface area contributed by atoms with Crippen LogP contribution >= 0.6 is 0 Å². The second-order valence-corrected chi connectivity index (χ2v) is 9.95. The van der Waals surface area contributed by atoms with Crippen LogP contribution in [0.3, 0.4) is 0 Å². The number of nitrogens with one attached hydrogen (secondary N) is 1. The number of rotatable bonds is 5. The minimum atomic E-state index is -5.08. The van der Waals surface area contributed by atoms with E-state index in [1.165, 1.54) is 10.7 Å². The summed E-state index contributed by atoms with van der Waals surface area (Å²) in [5.41, 5.74) is 3.07. The molecule has 46 heavy (non-hydrogen) atoms. The van der Waals surface area contributed by atoms with Gasteiger partial charge < -0.3 is 24.8 Å². The summed E-state index contributed by atoms with van der Waals surface area (Å²) < 4.78 is 75.0. The number of anilines is 1. The number of carboxylic acid groups (broad SMARTS) is 2. The van der Waals surface area contributed by atoms with Crippen LogP contribution in [0.2, 0.25) is 0 Å². The summed E-state index contributed by atoms with van der Waals surface area (Å²) in [6.07, 6.45) is -0.101. The molecule has 0 radical (unpaired) electrons. The number of carbonyl (C=O) groups is 2. The Kier molecular flexibility index (Phi) is 11.0. The molecule has 0 atom stereocenters. The van der Waals surface area contributed by atoms with Crippen LogP contribution in [0.1, 0.15) is 31.7 Å². The van der Waals surface area contributed by atoms with Crippen LogP contribution in [-0.4, -0.2) is 76.8 Å². The lowest BCUT2D eigenvalue weighted by molar-refractivity contribution is -0.193. The normalized spacial score (nSPS) is 16.5. The highest BCUT2D eigenvalue weighted by Crippen LogP contribution is 2.37. The Balaban J connectivity index is 0.000000345. The predicted molar refractivity (Wildman–Crippen MR) is 150 cm³/mol. The summed E-state index contributed by atoms with van der Waals surface area (Å²) in [5, 5.41) is 27.3. The summed E-state index contributed by atoms with van der Waals surface area (Å²) in [7, 11) is 5.45. The number of hydrogen-bond acceptors (Lipinski definition) is 8. The molecule has 4 heterocycles. The van der Waals surface area contributed by atoms with Crippen molar-refractivity contribution in [2.75, 3.05) is 12.4 Å². The average Bonchev–Trinajstić information content (AvgIpc) is 3.58. The Hall–Kier alpha value is -5.10. The maximum absolute atomic E-state index is 11.5. The minimum Gasteiger partial charge on any atom is -0.475 e. The van der Waals surface area contributed by atoms with Crippen molar-refractivity contribution in [1.82, 2.24) is 29.1 Å². The molecule has 0 aromatic carbocycles. The van der Waals surface area contributed by atoms with E-state index in [-0.39, 0.29) is 11.7 Å². The fraction of sp³-hybridized carbons (Fsp3) is 0.407. The van der Waals surface area contributed by atoms with E-state index in [4.69, 9.17) is 24.5 Å². The van der Waals surface area contributed by atoms with Gasteiger partial charge >= 0.3 is 24.3 Å². The van der Waals surface area contributed by atoms with Gasteiger partial charge in [0, 0.05) is 74.9 Å². The molecule has 3 N–H and O–H groups in total. The Labute approximate surface area is 256 Å². The Morgan fingerprint density at radius 1 is 0.957 bits per heavy atom. The van der Waals surface area contributed by atoms with Gasteiger partial charge in [-0.3, -0.25) is 9.48 Å². The zero-order valence-corrected chi connectivity index (χ0v) is 24.5. The van der Waals surface area contributed by atoms with E-state index in [9.17, 15) is 31.1 Å². The van der Waals surface area contributed by atoms with Gasteiger partial charge in [-0.1, -0.05) is 0 Å². The van der Waals surface area contributed by atoms with Crippen LogP contribution in [0.15, 0.2) is 47.7 Å². The number of pyridine rings is 1. The zero-order valence-electron chi connectivity index (χ0n) is 24.5. The topological polar surface area (TPSA) is 166 Å². The lowest BCUT2D eigenvalue weighted by Gasteiger charge is -2.30. The largest absolute Gasteiger partial charge is 0.490 e. The number of fused-ring (bicyclic) bond motifs is 1. The number of hydrogen-bond donors (Lipinski definition) is 3. The number of carboxylic acids is 2. The van der Waals surface area contributed by atoms with Gasteiger partial charge in [0.1, 0.15) is 11.9 Å². The molecule has 13 nitrogen and oxygen atoms in total. The van der Waals surface area contributed by atoms with Crippen molar-refractivity contribution in [1.29, 1.82) is 0 Å². The second kappa shape index (κ2) is 14.3. The van der Waals surface area contributed by atoms with Crippen LogP contribution in [0.5, 0.6) is 5.88 Å². The molecule has 0 spiro atoms. The van der Waals surface area contributed by atoms with Crippen molar-refractivity contribution in [2.24, 2.45) is 14.1 Å². The molecule has 0 saturated heterocycles. The first-order chi connectivity index (χ1) is 21.4. The van der Waals surface area contributed by atoms with E-state index in [1.807, 2.05) is 37.2 Å². The van der Waals surface area contributed by atoms with Crippen molar-refractivity contribution < 1.29 is 50.9 Å². The third kappa shape index (κ3) is 9.21. The molecule has 0 aliphatic heterocycles.